The summed E-state index contributed by atoms with van der Waals surface area (Å²) in [7, 11) is 4.03. The molecule has 0 saturated heterocycles. The molecule has 0 fully saturated rings. The molecule has 0 aromatic carbocycles. The molecule has 2 heteroatoms. The van der Waals surface area contributed by atoms with Gasteiger partial charge >= 0.3 is 0 Å². The van der Waals surface area contributed by atoms with E-state index in [1.165, 1.54) is 0 Å². The number of rotatable bonds is 3. The average molecular weight is 117 g/mol. The van der Waals surface area contributed by atoms with Crippen molar-refractivity contribution in [3.05, 3.63) is 0 Å². The molecule has 1 atom stereocenters. The fraction of sp³-hybridized carbons (Fsp3) is 1.00. The molecule has 0 saturated carbocycles. The highest BCUT2D eigenvalue weighted by atomic mass is 16.3. The van der Waals surface area contributed by atoms with E-state index in [4.69, 9.17) is 5.11 Å². The fourth-order valence-electron chi connectivity index (χ4n) is 0.445. The number of aliphatic hydroxyl groups excluding tert-OH is 1. The minimum atomic E-state index is 0.291. The molecule has 0 aliphatic carbocycles. The van der Waals surface area contributed by atoms with Crippen molar-refractivity contribution in [2.75, 3.05) is 20.7 Å². The second kappa shape index (κ2) is 3.87. The summed E-state index contributed by atoms with van der Waals surface area (Å²) in [6, 6.07) is 0.500. The van der Waals surface area contributed by atoms with Gasteiger partial charge in [-0.1, -0.05) is 0 Å². The van der Waals surface area contributed by atoms with Crippen LogP contribution in [0.15, 0.2) is 0 Å². The molecule has 0 aromatic rings. The third kappa shape index (κ3) is 2.99. The quantitative estimate of drug-likeness (QED) is 0.575. The maximum Gasteiger partial charge on any atom is 0.0445 e. The summed E-state index contributed by atoms with van der Waals surface area (Å²) in [6.45, 7) is 2.38. The van der Waals surface area contributed by atoms with E-state index in [-0.39, 0.29) is 0 Å². The summed E-state index contributed by atoms with van der Waals surface area (Å²) < 4.78 is 0. The first-order valence-corrected chi connectivity index (χ1v) is 2.95. The summed E-state index contributed by atoms with van der Waals surface area (Å²) in [5, 5.41) is 8.46. The van der Waals surface area contributed by atoms with Crippen LogP contribution in [0.5, 0.6) is 0 Å². The normalized spacial score (nSPS) is 14.6. The van der Waals surface area contributed by atoms with E-state index in [1.54, 1.807) is 0 Å². The monoisotopic (exact) mass is 117 g/mol. The van der Waals surface area contributed by atoms with Gasteiger partial charge in [-0.3, -0.25) is 0 Å². The molecule has 0 aliphatic heterocycles. The highest BCUT2D eigenvalue weighted by Gasteiger charge is 2.00. The van der Waals surface area contributed by atoms with Crippen LogP contribution in [0.3, 0.4) is 0 Å². The molecule has 0 aliphatic rings. The first-order chi connectivity index (χ1) is 3.68. The van der Waals surface area contributed by atoms with E-state index in [2.05, 4.69) is 11.8 Å². The van der Waals surface area contributed by atoms with Crippen LogP contribution in [0.4, 0.5) is 0 Å². The minimum absolute atomic E-state index is 0.291. The van der Waals surface area contributed by atoms with E-state index in [9.17, 15) is 0 Å². The predicted octanol–water partition coefficient (Wildman–Crippen LogP) is 0.319. The van der Waals surface area contributed by atoms with E-state index in [0.29, 0.717) is 12.6 Å². The Morgan fingerprint density at radius 2 is 2.00 bits per heavy atom. The molecule has 0 heterocycles. The van der Waals surface area contributed by atoms with E-state index >= 15 is 0 Å². The van der Waals surface area contributed by atoms with Gasteiger partial charge in [-0.05, 0) is 27.4 Å². The zero-order valence-corrected chi connectivity index (χ0v) is 5.89. The lowest BCUT2D eigenvalue weighted by atomic mass is 10.2. The van der Waals surface area contributed by atoms with Crippen LogP contribution in [-0.4, -0.2) is 36.8 Å². The number of nitrogens with zero attached hydrogens (tertiary/aromatic N) is 1. The molecule has 8 heavy (non-hydrogen) atoms. The first-order valence-electron chi connectivity index (χ1n) is 2.95. The Balaban J connectivity index is 3.17. The van der Waals surface area contributed by atoms with Crippen molar-refractivity contribution in [3.63, 3.8) is 0 Å². The van der Waals surface area contributed by atoms with Crippen LogP contribution >= 0.6 is 0 Å². The second-order valence-corrected chi connectivity index (χ2v) is 2.32. The molecule has 0 amide bonds. The lowest BCUT2D eigenvalue weighted by Crippen LogP contribution is -2.25. The van der Waals surface area contributed by atoms with Crippen molar-refractivity contribution in [3.8, 4) is 0 Å². The Morgan fingerprint density at radius 1 is 1.50 bits per heavy atom. The minimum Gasteiger partial charge on any atom is -0.396 e. The molecule has 0 bridgehead atoms. The fourth-order valence-corrected chi connectivity index (χ4v) is 0.445. The zero-order chi connectivity index (χ0) is 6.57. The van der Waals surface area contributed by atoms with E-state index in [1.807, 2.05) is 14.1 Å². The van der Waals surface area contributed by atoms with E-state index < -0.39 is 0 Å². The Labute approximate surface area is 51.1 Å². The van der Waals surface area contributed by atoms with Gasteiger partial charge in [-0.25, -0.2) is 0 Å². The lowest BCUT2D eigenvalue weighted by molar-refractivity contribution is 0.220. The number of hydrogen-bond acceptors (Lipinski definition) is 2. The zero-order valence-electron chi connectivity index (χ0n) is 5.89. The Morgan fingerprint density at radius 3 is 2.12 bits per heavy atom. The largest absolute Gasteiger partial charge is 0.396 e. The SMILES string of the molecule is C[C@@H](CCO)N(C)C. The second-order valence-electron chi connectivity index (χ2n) is 2.32. The van der Waals surface area contributed by atoms with Gasteiger partial charge in [0.15, 0.2) is 0 Å². The molecule has 0 rings (SSSR count). The smallest absolute Gasteiger partial charge is 0.0445 e. The number of aliphatic hydroxyl groups is 1. The molecule has 0 aromatic heterocycles. The topological polar surface area (TPSA) is 23.5 Å². The van der Waals surface area contributed by atoms with Gasteiger partial charge in [-0.2, -0.15) is 0 Å². The molecular formula is C6H15NO. The summed E-state index contributed by atoms with van der Waals surface area (Å²) in [6.07, 6.45) is 0.868. The third-order valence-electron chi connectivity index (χ3n) is 1.43. The van der Waals surface area contributed by atoms with Crippen molar-refractivity contribution in [2.45, 2.75) is 19.4 Å². The summed E-state index contributed by atoms with van der Waals surface area (Å²) >= 11 is 0. The highest BCUT2D eigenvalue weighted by molar-refractivity contribution is 4.56. The summed E-state index contributed by atoms with van der Waals surface area (Å²) in [4.78, 5) is 2.09. The maximum atomic E-state index is 8.46. The summed E-state index contributed by atoms with van der Waals surface area (Å²) in [5.74, 6) is 0. The van der Waals surface area contributed by atoms with Crippen molar-refractivity contribution in [2.24, 2.45) is 0 Å². The molecule has 50 valence electrons. The van der Waals surface area contributed by atoms with Gasteiger partial charge < -0.3 is 10.0 Å². The van der Waals surface area contributed by atoms with Gasteiger partial charge in [0.05, 0.1) is 0 Å². The molecule has 2 nitrogen and oxygen atoms in total. The highest BCUT2D eigenvalue weighted by Crippen LogP contribution is 1.94. The van der Waals surface area contributed by atoms with Crippen LogP contribution in [0, 0.1) is 0 Å². The predicted molar refractivity (Wildman–Crippen MR) is 34.9 cm³/mol. The first kappa shape index (κ1) is 7.92. The average Bonchev–Trinajstić information content (AvgIpc) is 1.67. The molecule has 0 unspecified atom stereocenters. The molecule has 0 spiro atoms. The maximum absolute atomic E-state index is 8.46. The Bertz CT molecular complexity index is 54.5. The van der Waals surface area contributed by atoms with Crippen LogP contribution in [-0.2, 0) is 0 Å². The third-order valence-corrected chi connectivity index (χ3v) is 1.43. The Hall–Kier alpha value is -0.0800. The molecule has 1 N–H and O–H groups in total. The number of hydrogen-bond donors (Lipinski definition) is 1. The van der Waals surface area contributed by atoms with Gasteiger partial charge in [-0.15, -0.1) is 0 Å². The van der Waals surface area contributed by atoms with Crippen molar-refractivity contribution < 1.29 is 5.11 Å². The van der Waals surface area contributed by atoms with Gasteiger partial charge in [0.25, 0.3) is 0 Å². The Kier molecular flexibility index (Phi) is 3.83. The van der Waals surface area contributed by atoms with Crippen LogP contribution in [0.1, 0.15) is 13.3 Å². The van der Waals surface area contributed by atoms with Crippen molar-refractivity contribution in [1.82, 2.24) is 4.90 Å². The van der Waals surface area contributed by atoms with Gasteiger partial charge in [0, 0.05) is 12.6 Å². The van der Waals surface area contributed by atoms with Crippen LogP contribution in [0.25, 0.3) is 0 Å². The lowest BCUT2D eigenvalue weighted by Gasteiger charge is -2.17. The van der Waals surface area contributed by atoms with Crippen LogP contribution in [0.2, 0.25) is 0 Å². The van der Waals surface area contributed by atoms with E-state index in [0.717, 1.165) is 6.42 Å². The summed E-state index contributed by atoms with van der Waals surface area (Å²) in [5.41, 5.74) is 0. The standard InChI is InChI=1S/C6H15NO/c1-6(4-5-8)7(2)3/h6,8H,4-5H2,1-3H3/t6-/m0/s1. The van der Waals surface area contributed by atoms with Crippen molar-refractivity contribution in [1.29, 1.82) is 0 Å². The van der Waals surface area contributed by atoms with Crippen LogP contribution < -0.4 is 0 Å². The molecular weight excluding hydrogens is 102 g/mol. The van der Waals surface area contributed by atoms with Gasteiger partial charge in [0.1, 0.15) is 0 Å². The van der Waals surface area contributed by atoms with Gasteiger partial charge in [0.2, 0.25) is 0 Å². The molecule has 0 radical (unpaired) electrons. The van der Waals surface area contributed by atoms with Crippen molar-refractivity contribution >= 4 is 0 Å².